The fraction of sp³-hybridized carbons (Fsp3) is 0.273. The van der Waals surface area contributed by atoms with E-state index in [4.69, 9.17) is 26.2 Å². The predicted octanol–water partition coefficient (Wildman–Crippen LogP) is 4.45. The molecule has 1 saturated heterocycles. The van der Waals surface area contributed by atoms with E-state index >= 15 is 0 Å². The highest BCUT2D eigenvalue weighted by Gasteiger charge is 2.25. The zero-order chi connectivity index (χ0) is 20.4. The summed E-state index contributed by atoms with van der Waals surface area (Å²) in [4.78, 5) is 15.1. The van der Waals surface area contributed by atoms with Crippen molar-refractivity contribution in [2.75, 3.05) is 27.3 Å². The van der Waals surface area contributed by atoms with E-state index in [0.717, 1.165) is 37.2 Å². The summed E-state index contributed by atoms with van der Waals surface area (Å²) in [6, 6.07) is 14.6. The van der Waals surface area contributed by atoms with Gasteiger partial charge in [-0.1, -0.05) is 11.6 Å². The molecule has 2 heterocycles. The molecule has 2 aromatic carbocycles. The molecular formula is C22H22ClN3O3. The Morgan fingerprint density at radius 1 is 1.00 bits per heavy atom. The summed E-state index contributed by atoms with van der Waals surface area (Å²) >= 11 is 6.04. The van der Waals surface area contributed by atoms with Gasteiger partial charge in [0.05, 0.1) is 25.6 Å². The molecule has 1 amide bonds. The van der Waals surface area contributed by atoms with E-state index in [1.54, 1.807) is 37.1 Å². The molecule has 0 N–H and O–H groups in total. The van der Waals surface area contributed by atoms with Crippen molar-refractivity contribution in [3.05, 3.63) is 59.2 Å². The first-order valence-corrected chi connectivity index (χ1v) is 9.86. The van der Waals surface area contributed by atoms with E-state index in [1.807, 2.05) is 35.2 Å². The van der Waals surface area contributed by atoms with Crippen LogP contribution in [0.25, 0.3) is 16.9 Å². The van der Waals surface area contributed by atoms with Crippen molar-refractivity contribution >= 4 is 17.5 Å². The fourth-order valence-corrected chi connectivity index (χ4v) is 3.66. The van der Waals surface area contributed by atoms with Crippen molar-refractivity contribution in [2.24, 2.45) is 0 Å². The summed E-state index contributed by atoms with van der Waals surface area (Å²) in [6.45, 7) is 1.54. The van der Waals surface area contributed by atoms with Gasteiger partial charge >= 0.3 is 0 Å². The zero-order valence-corrected chi connectivity index (χ0v) is 17.1. The van der Waals surface area contributed by atoms with Crippen molar-refractivity contribution in [2.45, 2.75) is 12.8 Å². The van der Waals surface area contributed by atoms with Crippen LogP contribution in [-0.4, -0.2) is 47.9 Å². The van der Waals surface area contributed by atoms with Crippen molar-refractivity contribution in [3.8, 4) is 28.4 Å². The first-order chi connectivity index (χ1) is 14.1. The molecule has 1 aromatic heterocycles. The molecule has 7 heteroatoms. The highest BCUT2D eigenvalue weighted by atomic mass is 35.5. The SMILES string of the molecule is COc1ccc(-c2cc(C(=O)N3CCCC3)n(-c3ccc(Cl)cc3)n2)c(OC)c1. The number of methoxy groups -OCH3 is 2. The number of carbonyl (C=O) groups is 1. The quantitative estimate of drug-likeness (QED) is 0.622. The molecule has 0 spiro atoms. The van der Waals surface area contributed by atoms with Crippen LogP contribution in [0.3, 0.4) is 0 Å². The number of benzene rings is 2. The van der Waals surface area contributed by atoms with E-state index < -0.39 is 0 Å². The summed E-state index contributed by atoms with van der Waals surface area (Å²) in [6.07, 6.45) is 2.06. The van der Waals surface area contributed by atoms with Gasteiger partial charge in [-0.2, -0.15) is 5.10 Å². The van der Waals surface area contributed by atoms with Gasteiger partial charge in [-0.3, -0.25) is 4.79 Å². The second-order valence-electron chi connectivity index (χ2n) is 6.87. The van der Waals surface area contributed by atoms with E-state index in [0.29, 0.717) is 27.9 Å². The van der Waals surface area contributed by atoms with Gasteiger partial charge in [-0.05, 0) is 55.3 Å². The first-order valence-electron chi connectivity index (χ1n) is 9.48. The van der Waals surface area contributed by atoms with Gasteiger partial charge in [0.25, 0.3) is 5.91 Å². The Morgan fingerprint density at radius 3 is 2.38 bits per heavy atom. The van der Waals surface area contributed by atoms with E-state index in [9.17, 15) is 4.79 Å². The normalized spacial score (nSPS) is 13.6. The number of hydrogen-bond donors (Lipinski definition) is 0. The van der Waals surface area contributed by atoms with Crippen LogP contribution in [0, 0.1) is 0 Å². The number of halogens is 1. The number of rotatable bonds is 5. The number of hydrogen-bond acceptors (Lipinski definition) is 4. The summed E-state index contributed by atoms with van der Waals surface area (Å²) in [7, 11) is 3.21. The molecule has 150 valence electrons. The van der Waals surface area contributed by atoms with Crippen LogP contribution in [-0.2, 0) is 0 Å². The minimum atomic E-state index is -0.0244. The Balaban J connectivity index is 1.83. The lowest BCUT2D eigenvalue weighted by molar-refractivity contribution is 0.0784. The smallest absolute Gasteiger partial charge is 0.272 e. The first kappa shape index (κ1) is 19.3. The molecule has 1 aliphatic heterocycles. The summed E-state index contributed by atoms with van der Waals surface area (Å²) in [5, 5.41) is 5.37. The highest BCUT2D eigenvalue weighted by molar-refractivity contribution is 6.30. The van der Waals surface area contributed by atoms with Gasteiger partial charge in [-0.25, -0.2) is 4.68 Å². The second-order valence-corrected chi connectivity index (χ2v) is 7.30. The summed E-state index contributed by atoms with van der Waals surface area (Å²) in [5.74, 6) is 1.30. The van der Waals surface area contributed by atoms with Gasteiger partial charge in [0.2, 0.25) is 0 Å². The Bertz CT molecular complexity index is 1020. The van der Waals surface area contributed by atoms with Gasteiger partial charge < -0.3 is 14.4 Å². The maximum Gasteiger partial charge on any atom is 0.272 e. The van der Waals surface area contributed by atoms with Crippen molar-refractivity contribution in [3.63, 3.8) is 0 Å². The third-order valence-corrected chi connectivity index (χ3v) is 5.33. The van der Waals surface area contributed by atoms with Gasteiger partial charge in [0, 0.05) is 29.7 Å². The largest absolute Gasteiger partial charge is 0.497 e. The van der Waals surface area contributed by atoms with Crippen molar-refractivity contribution in [1.29, 1.82) is 0 Å². The van der Waals surface area contributed by atoms with Crippen molar-refractivity contribution in [1.82, 2.24) is 14.7 Å². The Kier molecular flexibility index (Phi) is 5.45. The third kappa shape index (κ3) is 3.80. The topological polar surface area (TPSA) is 56.6 Å². The molecule has 3 aromatic rings. The van der Waals surface area contributed by atoms with Crippen molar-refractivity contribution < 1.29 is 14.3 Å². The third-order valence-electron chi connectivity index (χ3n) is 5.08. The van der Waals surface area contributed by atoms with Crippen LogP contribution in [0.2, 0.25) is 5.02 Å². The lowest BCUT2D eigenvalue weighted by atomic mass is 10.1. The molecule has 1 aliphatic rings. The molecule has 0 aliphatic carbocycles. The fourth-order valence-electron chi connectivity index (χ4n) is 3.54. The Morgan fingerprint density at radius 2 is 1.72 bits per heavy atom. The monoisotopic (exact) mass is 411 g/mol. The summed E-state index contributed by atoms with van der Waals surface area (Å²) < 4.78 is 12.5. The van der Waals surface area contributed by atoms with Crippen LogP contribution >= 0.6 is 11.6 Å². The van der Waals surface area contributed by atoms with Gasteiger partial charge in [0.1, 0.15) is 17.2 Å². The lowest BCUT2D eigenvalue weighted by Crippen LogP contribution is -2.29. The Hall–Kier alpha value is -2.99. The van der Waals surface area contributed by atoms with Crippen LogP contribution in [0.15, 0.2) is 48.5 Å². The standard InChI is InChI=1S/C22H22ClN3O3/c1-28-17-9-10-18(21(13-17)29-2)19-14-20(22(27)25-11-3-4-12-25)26(24-19)16-7-5-15(23)6-8-16/h5-10,13-14H,3-4,11-12H2,1-2H3. The molecule has 1 fully saturated rings. The van der Waals surface area contributed by atoms with Crippen LogP contribution in [0.4, 0.5) is 0 Å². The highest BCUT2D eigenvalue weighted by Crippen LogP contribution is 2.34. The average molecular weight is 412 g/mol. The lowest BCUT2D eigenvalue weighted by Gasteiger charge is -2.16. The number of ether oxygens (including phenoxy) is 2. The van der Waals surface area contributed by atoms with E-state index in [-0.39, 0.29) is 5.91 Å². The molecule has 0 radical (unpaired) electrons. The van der Waals surface area contributed by atoms with E-state index in [1.165, 1.54) is 0 Å². The molecule has 0 unspecified atom stereocenters. The maximum absolute atomic E-state index is 13.2. The van der Waals surface area contributed by atoms with Gasteiger partial charge in [-0.15, -0.1) is 0 Å². The molecule has 0 atom stereocenters. The molecule has 0 bridgehead atoms. The number of likely N-dealkylation sites (tertiary alicyclic amines) is 1. The number of amides is 1. The molecule has 0 saturated carbocycles. The van der Waals surface area contributed by atoms with Gasteiger partial charge in [0.15, 0.2) is 0 Å². The van der Waals surface area contributed by atoms with Crippen LogP contribution in [0.5, 0.6) is 11.5 Å². The molecular weight excluding hydrogens is 390 g/mol. The van der Waals surface area contributed by atoms with Crippen LogP contribution < -0.4 is 9.47 Å². The van der Waals surface area contributed by atoms with E-state index in [2.05, 4.69) is 0 Å². The number of nitrogens with zero attached hydrogens (tertiary/aromatic N) is 3. The summed E-state index contributed by atoms with van der Waals surface area (Å²) in [5.41, 5.74) is 2.73. The maximum atomic E-state index is 13.2. The number of carbonyl (C=O) groups excluding carboxylic acids is 1. The minimum absolute atomic E-state index is 0.0244. The second kappa shape index (κ2) is 8.17. The average Bonchev–Trinajstić information content (AvgIpc) is 3.44. The van der Waals surface area contributed by atoms with Crippen LogP contribution in [0.1, 0.15) is 23.3 Å². The molecule has 4 rings (SSSR count). The predicted molar refractivity (Wildman–Crippen MR) is 112 cm³/mol. The zero-order valence-electron chi connectivity index (χ0n) is 16.4. The Labute approximate surface area is 174 Å². The number of aromatic nitrogens is 2. The molecule has 29 heavy (non-hydrogen) atoms. The molecule has 6 nitrogen and oxygen atoms in total. The minimum Gasteiger partial charge on any atom is -0.497 e.